The van der Waals surface area contributed by atoms with E-state index in [2.05, 4.69) is 5.32 Å². The predicted molar refractivity (Wildman–Crippen MR) is 73.5 cm³/mol. The van der Waals surface area contributed by atoms with Crippen molar-refractivity contribution in [2.24, 2.45) is 0 Å². The summed E-state index contributed by atoms with van der Waals surface area (Å²) in [6, 6.07) is 4.56. The Balaban J connectivity index is 2.77. The Labute approximate surface area is 112 Å². The van der Waals surface area contributed by atoms with E-state index < -0.39 is 15.7 Å². The molecular formula is C12H16N2O4S. The minimum atomic E-state index is -3.26. The number of benzene rings is 1. The lowest BCUT2D eigenvalue weighted by Gasteiger charge is -2.06. The molecule has 0 saturated carbocycles. The number of nitrogens with one attached hydrogen (secondary N) is 1. The number of hydrogen-bond acceptors (Lipinski definition) is 5. The molecule has 0 aliphatic rings. The highest BCUT2D eigenvalue weighted by Crippen LogP contribution is 2.21. The number of methoxy groups -OCH3 is 1. The summed E-state index contributed by atoms with van der Waals surface area (Å²) >= 11 is 0. The first kappa shape index (κ1) is 15.0. The van der Waals surface area contributed by atoms with Gasteiger partial charge in [-0.1, -0.05) is 6.92 Å². The van der Waals surface area contributed by atoms with Crippen molar-refractivity contribution in [1.29, 1.82) is 0 Å². The number of carbonyl (C=O) groups excluding carboxylic acids is 1. The van der Waals surface area contributed by atoms with Crippen LogP contribution in [0.15, 0.2) is 29.8 Å². The van der Waals surface area contributed by atoms with Gasteiger partial charge in [-0.2, -0.15) is 0 Å². The van der Waals surface area contributed by atoms with Crippen LogP contribution in [0.25, 0.3) is 0 Å². The van der Waals surface area contributed by atoms with Crippen molar-refractivity contribution < 1.29 is 17.9 Å². The Morgan fingerprint density at radius 1 is 1.47 bits per heavy atom. The van der Waals surface area contributed by atoms with Gasteiger partial charge in [-0.25, -0.2) is 8.42 Å². The van der Waals surface area contributed by atoms with E-state index >= 15 is 0 Å². The third kappa shape index (κ3) is 4.29. The molecule has 0 spiro atoms. The summed E-state index contributed by atoms with van der Waals surface area (Å²) < 4.78 is 27.3. The average Bonchev–Trinajstić information content (AvgIpc) is 2.38. The van der Waals surface area contributed by atoms with Gasteiger partial charge in [-0.05, 0) is 18.2 Å². The van der Waals surface area contributed by atoms with Crippen LogP contribution in [-0.2, 0) is 9.84 Å². The second kappa shape index (κ2) is 6.24. The van der Waals surface area contributed by atoms with E-state index in [9.17, 15) is 13.2 Å². The number of nitrogens with two attached hydrogens (primary N) is 1. The van der Waals surface area contributed by atoms with E-state index in [1.807, 2.05) is 0 Å². The van der Waals surface area contributed by atoms with Crippen LogP contribution in [0.1, 0.15) is 17.3 Å². The third-order valence-corrected chi connectivity index (χ3v) is 3.74. The molecule has 0 radical (unpaired) electrons. The zero-order chi connectivity index (χ0) is 14.5. The molecule has 6 nitrogen and oxygen atoms in total. The monoisotopic (exact) mass is 284 g/mol. The van der Waals surface area contributed by atoms with E-state index in [1.165, 1.54) is 26.2 Å². The molecule has 19 heavy (non-hydrogen) atoms. The molecule has 0 aliphatic heterocycles. The normalized spacial score (nSPS) is 11.5. The van der Waals surface area contributed by atoms with Crippen LogP contribution >= 0.6 is 0 Å². The Hall–Kier alpha value is -2.02. The molecule has 0 atom stereocenters. The summed E-state index contributed by atoms with van der Waals surface area (Å²) in [6.07, 6.45) is 1.10. The first-order valence-corrected chi connectivity index (χ1v) is 7.25. The highest BCUT2D eigenvalue weighted by molar-refractivity contribution is 7.94. The van der Waals surface area contributed by atoms with Gasteiger partial charge < -0.3 is 15.8 Å². The van der Waals surface area contributed by atoms with Crippen molar-refractivity contribution >= 4 is 21.4 Å². The highest BCUT2D eigenvalue weighted by atomic mass is 32.2. The summed E-state index contributed by atoms with van der Waals surface area (Å²) in [5, 5.41) is 3.32. The number of ether oxygens (including phenoxy) is 1. The number of nitrogen functional groups attached to an aromatic ring is 1. The topological polar surface area (TPSA) is 98.5 Å². The van der Waals surface area contributed by atoms with E-state index in [-0.39, 0.29) is 5.75 Å². The van der Waals surface area contributed by atoms with Crippen molar-refractivity contribution in [2.45, 2.75) is 6.92 Å². The average molecular weight is 284 g/mol. The van der Waals surface area contributed by atoms with Gasteiger partial charge in [0.25, 0.3) is 5.91 Å². The maximum Gasteiger partial charge on any atom is 0.255 e. The lowest BCUT2D eigenvalue weighted by atomic mass is 10.2. The SMILES string of the molecule is CCS(=O)(=O)C=CNC(=O)c1ccc(OC)c(N)c1. The van der Waals surface area contributed by atoms with E-state index in [0.29, 0.717) is 17.0 Å². The molecule has 104 valence electrons. The summed E-state index contributed by atoms with van der Waals surface area (Å²) in [5.41, 5.74) is 6.32. The smallest absolute Gasteiger partial charge is 0.255 e. The van der Waals surface area contributed by atoms with Crippen LogP contribution in [0.2, 0.25) is 0 Å². The van der Waals surface area contributed by atoms with Gasteiger partial charge in [-0.15, -0.1) is 0 Å². The van der Waals surface area contributed by atoms with Crippen molar-refractivity contribution in [2.75, 3.05) is 18.6 Å². The molecule has 1 amide bonds. The molecule has 0 aliphatic carbocycles. The Morgan fingerprint density at radius 3 is 2.68 bits per heavy atom. The summed E-state index contributed by atoms with van der Waals surface area (Å²) in [4.78, 5) is 11.7. The van der Waals surface area contributed by atoms with Crippen LogP contribution in [0.3, 0.4) is 0 Å². The van der Waals surface area contributed by atoms with E-state index in [4.69, 9.17) is 10.5 Å². The van der Waals surface area contributed by atoms with Crippen LogP contribution in [0, 0.1) is 0 Å². The second-order valence-electron chi connectivity index (χ2n) is 3.68. The van der Waals surface area contributed by atoms with Gasteiger partial charge in [0.15, 0.2) is 9.84 Å². The van der Waals surface area contributed by atoms with E-state index in [0.717, 1.165) is 11.6 Å². The predicted octanol–water partition coefficient (Wildman–Crippen LogP) is 0.913. The molecule has 0 saturated heterocycles. The standard InChI is InChI=1S/C12H16N2O4S/c1-3-19(16,17)7-6-14-12(15)9-4-5-11(18-2)10(13)8-9/h4-8H,3,13H2,1-2H3,(H,14,15). The molecule has 0 unspecified atom stereocenters. The van der Waals surface area contributed by atoms with Gasteiger partial charge in [-0.3, -0.25) is 4.79 Å². The quantitative estimate of drug-likeness (QED) is 0.783. The van der Waals surface area contributed by atoms with Gasteiger partial charge in [0, 0.05) is 17.2 Å². The number of rotatable bonds is 5. The third-order valence-electron chi connectivity index (χ3n) is 2.38. The molecular weight excluding hydrogens is 268 g/mol. The Kier molecular flexibility index (Phi) is 4.94. The Morgan fingerprint density at radius 2 is 2.16 bits per heavy atom. The lowest BCUT2D eigenvalue weighted by Crippen LogP contribution is -2.18. The number of carbonyl (C=O) groups is 1. The lowest BCUT2D eigenvalue weighted by molar-refractivity contribution is 0.0970. The maximum atomic E-state index is 11.7. The van der Waals surface area contributed by atoms with Crippen LogP contribution < -0.4 is 15.8 Å². The second-order valence-corrected chi connectivity index (χ2v) is 5.86. The number of sulfone groups is 1. The van der Waals surface area contributed by atoms with Gasteiger partial charge in [0.1, 0.15) is 5.75 Å². The van der Waals surface area contributed by atoms with Crippen LogP contribution in [0.4, 0.5) is 5.69 Å². The van der Waals surface area contributed by atoms with Crippen molar-refractivity contribution in [3.8, 4) is 5.75 Å². The molecule has 0 aromatic heterocycles. The van der Waals surface area contributed by atoms with E-state index in [1.54, 1.807) is 6.07 Å². The molecule has 1 rings (SSSR count). The van der Waals surface area contributed by atoms with Gasteiger partial charge in [0.2, 0.25) is 0 Å². The molecule has 0 fully saturated rings. The molecule has 1 aromatic rings. The molecule has 0 heterocycles. The molecule has 0 bridgehead atoms. The van der Waals surface area contributed by atoms with Gasteiger partial charge in [0.05, 0.1) is 18.6 Å². The van der Waals surface area contributed by atoms with Crippen molar-refractivity contribution in [1.82, 2.24) is 5.32 Å². The fourth-order valence-electron chi connectivity index (χ4n) is 1.27. The Bertz CT molecular complexity index is 594. The number of amides is 1. The fraction of sp³-hybridized carbons (Fsp3) is 0.250. The molecule has 3 N–H and O–H groups in total. The first-order chi connectivity index (χ1) is 8.89. The highest BCUT2D eigenvalue weighted by Gasteiger charge is 2.07. The van der Waals surface area contributed by atoms with Crippen molar-refractivity contribution in [3.63, 3.8) is 0 Å². The van der Waals surface area contributed by atoms with Crippen molar-refractivity contribution in [3.05, 3.63) is 35.4 Å². The van der Waals surface area contributed by atoms with Crippen LogP contribution in [-0.4, -0.2) is 27.2 Å². The molecule has 1 aromatic carbocycles. The van der Waals surface area contributed by atoms with Crippen LogP contribution in [0.5, 0.6) is 5.75 Å². The largest absolute Gasteiger partial charge is 0.495 e. The zero-order valence-corrected chi connectivity index (χ0v) is 11.5. The summed E-state index contributed by atoms with van der Waals surface area (Å²) in [5.74, 6) is 0.00652. The first-order valence-electron chi connectivity index (χ1n) is 5.53. The summed E-state index contributed by atoms with van der Waals surface area (Å²) in [7, 11) is -1.78. The van der Waals surface area contributed by atoms with Gasteiger partial charge >= 0.3 is 0 Å². The number of anilines is 1. The summed E-state index contributed by atoms with van der Waals surface area (Å²) in [6.45, 7) is 1.52. The number of hydrogen-bond donors (Lipinski definition) is 2. The minimum absolute atomic E-state index is 0.0190. The zero-order valence-electron chi connectivity index (χ0n) is 10.7. The maximum absolute atomic E-state index is 11.7. The fourth-order valence-corrected chi connectivity index (χ4v) is 1.74. The molecule has 7 heteroatoms. The minimum Gasteiger partial charge on any atom is -0.495 e.